The molecule has 0 unspecified atom stereocenters. The van der Waals surface area contributed by atoms with Crippen LogP contribution >= 0.6 is 0 Å². The molecule has 1 aromatic heterocycles. The Balaban J connectivity index is 1.68. The van der Waals surface area contributed by atoms with Crippen molar-refractivity contribution in [2.75, 3.05) is 26.2 Å². The van der Waals surface area contributed by atoms with Gasteiger partial charge in [-0.15, -0.1) is 0 Å². The second kappa shape index (κ2) is 9.32. The fraction of sp³-hybridized carbons (Fsp3) is 0.450. The molecule has 7 nitrogen and oxygen atoms in total. The number of benzene rings is 1. The van der Waals surface area contributed by atoms with E-state index in [1.54, 1.807) is 0 Å². The van der Waals surface area contributed by atoms with Crippen molar-refractivity contribution < 1.29 is 5.11 Å². The topological polar surface area (TPSA) is 90.7 Å². The van der Waals surface area contributed by atoms with Crippen LogP contribution in [0.15, 0.2) is 44.9 Å². The number of piperidine rings is 1. The smallest absolute Gasteiger partial charge is 0.331 e. The Hall–Kier alpha value is -2.67. The molecule has 0 saturated carbocycles. The summed E-state index contributed by atoms with van der Waals surface area (Å²) in [5.74, 6) is -0.332. The minimum absolute atomic E-state index is 0.0290. The van der Waals surface area contributed by atoms with Gasteiger partial charge in [-0.1, -0.05) is 36.8 Å². The number of nitrogens with zero attached hydrogens (tertiary/aromatic N) is 3. The second-order valence-corrected chi connectivity index (χ2v) is 6.82. The zero-order valence-electron chi connectivity index (χ0n) is 15.4. The molecule has 3 rings (SSSR count). The van der Waals surface area contributed by atoms with Gasteiger partial charge in [-0.3, -0.25) is 19.3 Å². The fourth-order valence-electron chi connectivity index (χ4n) is 3.32. The molecule has 0 spiro atoms. The summed E-state index contributed by atoms with van der Waals surface area (Å²) in [6, 6.07) is 9.68. The molecule has 1 fully saturated rings. The molecule has 144 valence electrons. The van der Waals surface area contributed by atoms with Gasteiger partial charge in [-0.05, 0) is 37.9 Å². The maximum Gasteiger partial charge on any atom is 0.331 e. The highest BCUT2D eigenvalue weighted by Gasteiger charge is 2.13. The summed E-state index contributed by atoms with van der Waals surface area (Å²) in [6.07, 6.45) is 5.67. The van der Waals surface area contributed by atoms with Crippen molar-refractivity contribution in [3.8, 4) is 5.88 Å². The zero-order chi connectivity index (χ0) is 19.1. The Kier molecular flexibility index (Phi) is 6.59. The predicted octanol–water partition coefficient (Wildman–Crippen LogP) is 1.39. The van der Waals surface area contributed by atoms with Gasteiger partial charge in [0.25, 0.3) is 5.56 Å². The minimum atomic E-state index is -0.616. The summed E-state index contributed by atoms with van der Waals surface area (Å²) in [6.45, 7) is 3.85. The Morgan fingerprint density at radius 3 is 2.56 bits per heavy atom. The van der Waals surface area contributed by atoms with E-state index in [-0.39, 0.29) is 18.0 Å². The van der Waals surface area contributed by atoms with Crippen LogP contribution in [0.3, 0.4) is 0 Å². The normalized spacial score (nSPS) is 15.4. The van der Waals surface area contributed by atoms with Gasteiger partial charge in [0.05, 0.1) is 6.54 Å². The number of likely N-dealkylation sites (tertiary alicyclic amines) is 1. The van der Waals surface area contributed by atoms with Crippen molar-refractivity contribution >= 4 is 6.21 Å². The molecule has 2 aromatic rings. The van der Waals surface area contributed by atoms with E-state index in [2.05, 4.69) is 14.9 Å². The highest BCUT2D eigenvalue weighted by Crippen LogP contribution is 2.10. The number of aromatic amines is 1. The van der Waals surface area contributed by atoms with Crippen molar-refractivity contribution in [2.24, 2.45) is 4.99 Å². The maximum atomic E-state index is 12.1. The van der Waals surface area contributed by atoms with Crippen LogP contribution in [0, 0.1) is 0 Å². The number of aromatic hydroxyl groups is 1. The Morgan fingerprint density at radius 2 is 1.81 bits per heavy atom. The van der Waals surface area contributed by atoms with Crippen molar-refractivity contribution in [3.05, 3.63) is 62.3 Å². The van der Waals surface area contributed by atoms with E-state index in [9.17, 15) is 14.7 Å². The molecule has 0 atom stereocenters. The average molecular weight is 370 g/mol. The number of aliphatic imine (C=N–C) groups is 1. The summed E-state index contributed by atoms with van der Waals surface area (Å²) in [5, 5.41) is 10.4. The summed E-state index contributed by atoms with van der Waals surface area (Å²) in [5.41, 5.74) is -0.151. The van der Waals surface area contributed by atoms with Gasteiger partial charge in [-0.2, -0.15) is 0 Å². The Labute approximate surface area is 158 Å². The van der Waals surface area contributed by atoms with Crippen LogP contribution in [0.5, 0.6) is 5.88 Å². The first-order valence-electron chi connectivity index (χ1n) is 9.47. The van der Waals surface area contributed by atoms with E-state index in [1.165, 1.54) is 30.0 Å². The molecule has 0 amide bonds. The lowest BCUT2D eigenvalue weighted by molar-refractivity contribution is 0.235. The average Bonchev–Trinajstić information content (AvgIpc) is 2.68. The third kappa shape index (κ3) is 5.17. The number of hydrogen-bond acceptors (Lipinski definition) is 5. The molecule has 2 heterocycles. The SMILES string of the molecule is O=c1[nH]c(=O)n(CCc2ccccc2)c(O)c1C=NCCN1CCCCC1. The van der Waals surface area contributed by atoms with Crippen LogP contribution in [-0.2, 0) is 13.0 Å². The first-order chi connectivity index (χ1) is 13.1. The van der Waals surface area contributed by atoms with Crippen LogP contribution in [0.4, 0.5) is 0 Å². The standard InChI is InChI=1S/C20H26N4O3/c25-18-17(15-21-10-14-23-11-5-2-6-12-23)19(26)24(20(27)22-18)13-9-16-7-3-1-4-8-16/h1,3-4,7-8,15,26H,2,5-6,9-14H2,(H,22,25,27). The quantitative estimate of drug-likeness (QED) is 0.721. The van der Waals surface area contributed by atoms with E-state index in [0.29, 0.717) is 13.0 Å². The summed E-state index contributed by atoms with van der Waals surface area (Å²) < 4.78 is 1.18. The van der Waals surface area contributed by atoms with Crippen molar-refractivity contribution in [1.82, 2.24) is 14.5 Å². The zero-order valence-corrected chi connectivity index (χ0v) is 15.4. The third-order valence-electron chi connectivity index (χ3n) is 4.89. The summed E-state index contributed by atoms with van der Waals surface area (Å²) in [4.78, 5) is 33.0. The lowest BCUT2D eigenvalue weighted by Crippen LogP contribution is -2.33. The number of hydrogen-bond donors (Lipinski definition) is 2. The van der Waals surface area contributed by atoms with Crippen molar-refractivity contribution in [3.63, 3.8) is 0 Å². The lowest BCUT2D eigenvalue weighted by Gasteiger charge is -2.25. The Morgan fingerprint density at radius 1 is 1.07 bits per heavy atom. The molecule has 27 heavy (non-hydrogen) atoms. The molecule has 7 heteroatoms. The molecule has 0 radical (unpaired) electrons. The van der Waals surface area contributed by atoms with Crippen LogP contribution < -0.4 is 11.2 Å². The first-order valence-corrected chi connectivity index (χ1v) is 9.47. The van der Waals surface area contributed by atoms with Crippen LogP contribution in [0.2, 0.25) is 0 Å². The minimum Gasteiger partial charge on any atom is -0.494 e. The van der Waals surface area contributed by atoms with E-state index in [0.717, 1.165) is 25.2 Å². The number of aryl methyl sites for hydroxylation is 1. The summed E-state index contributed by atoms with van der Waals surface area (Å²) in [7, 11) is 0. The number of aromatic nitrogens is 2. The molecule has 0 bridgehead atoms. The monoisotopic (exact) mass is 370 g/mol. The fourth-order valence-corrected chi connectivity index (χ4v) is 3.32. The third-order valence-corrected chi connectivity index (χ3v) is 4.89. The van der Waals surface area contributed by atoms with E-state index in [1.807, 2.05) is 30.3 Å². The van der Waals surface area contributed by atoms with E-state index < -0.39 is 11.2 Å². The van der Waals surface area contributed by atoms with E-state index in [4.69, 9.17) is 0 Å². The van der Waals surface area contributed by atoms with Crippen molar-refractivity contribution in [1.29, 1.82) is 0 Å². The second-order valence-electron chi connectivity index (χ2n) is 6.82. The highest BCUT2D eigenvalue weighted by atomic mass is 16.3. The van der Waals surface area contributed by atoms with Crippen LogP contribution in [-0.4, -0.2) is 52.0 Å². The maximum absolute atomic E-state index is 12.1. The van der Waals surface area contributed by atoms with Gasteiger partial charge in [0.15, 0.2) is 0 Å². The number of rotatable bonds is 7. The largest absolute Gasteiger partial charge is 0.494 e. The summed E-state index contributed by atoms with van der Waals surface area (Å²) >= 11 is 0. The molecular formula is C20H26N4O3. The van der Waals surface area contributed by atoms with Crippen LogP contribution in [0.25, 0.3) is 0 Å². The number of H-pyrrole nitrogens is 1. The van der Waals surface area contributed by atoms with Gasteiger partial charge >= 0.3 is 5.69 Å². The lowest BCUT2D eigenvalue weighted by atomic mass is 10.1. The van der Waals surface area contributed by atoms with Gasteiger partial charge in [0.2, 0.25) is 5.88 Å². The molecule has 1 aliphatic rings. The molecule has 1 aliphatic heterocycles. The van der Waals surface area contributed by atoms with Gasteiger partial charge in [0.1, 0.15) is 5.56 Å². The first kappa shape index (κ1) is 19.1. The van der Waals surface area contributed by atoms with Gasteiger partial charge in [0, 0.05) is 19.3 Å². The molecule has 2 N–H and O–H groups in total. The van der Waals surface area contributed by atoms with Crippen molar-refractivity contribution in [2.45, 2.75) is 32.2 Å². The predicted molar refractivity (Wildman–Crippen MR) is 106 cm³/mol. The molecule has 1 aromatic carbocycles. The van der Waals surface area contributed by atoms with E-state index >= 15 is 0 Å². The highest BCUT2D eigenvalue weighted by molar-refractivity contribution is 5.81. The van der Waals surface area contributed by atoms with Gasteiger partial charge in [-0.25, -0.2) is 4.79 Å². The molecular weight excluding hydrogens is 344 g/mol. The Bertz CT molecular complexity index is 880. The molecule has 0 aliphatic carbocycles. The molecule has 1 saturated heterocycles. The van der Waals surface area contributed by atoms with Crippen LogP contribution in [0.1, 0.15) is 30.4 Å². The number of nitrogens with one attached hydrogen (secondary N) is 1. The van der Waals surface area contributed by atoms with Gasteiger partial charge < -0.3 is 10.0 Å².